The van der Waals surface area contributed by atoms with Gasteiger partial charge in [0.2, 0.25) is 0 Å². The molecule has 3 heterocycles. The van der Waals surface area contributed by atoms with Crippen LogP contribution in [0.2, 0.25) is 10.0 Å². The first kappa shape index (κ1) is 18.8. The summed E-state index contributed by atoms with van der Waals surface area (Å²) in [7, 11) is 0. The minimum Gasteiger partial charge on any atom is -0.444 e. The van der Waals surface area contributed by atoms with Gasteiger partial charge in [0.15, 0.2) is 10.4 Å². The monoisotopic (exact) mass is 486 g/mol. The van der Waals surface area contributed by atoms with Gasteiger partial charge in [-0.05, 0) is 40.2 Å². The lowest BCUT2D eigenvalue weighted by molar-refractivity contribution is 0.0520. The Morgan fingerprint density at radius 3 is 2.30 bits per heavy atom. The molecule has 5 nitrogen and oxygen atoms in total. The van der Waals surface area contributed by atoms with Crippen molar-refractivity contribution in [3.05, 3.63) is 55.7 Å². The van der Waals surface area contributed by atoms with Crippen molar-refractivity contribution < 1.29 is 14.0 Å². The third kappa shape index (κ3) is 3.61. The number of carbonyl (C=O) groups excluding carboxylic acids is 2. The number of hydrogen-bond donors (Lipinski definition) is 0. The predicted molar refractivity (Wildman–Crippen MR) is 110 cm³/mol. The summed E-state index contributed by atoms with van der Waals surface area (Å²) in [5.41, 5.74) is 0. The van der Waals surface area contributed by atoms with Gasteiger partial charge in [-0.3, -0.25) is 9.59 Å². The highest BCUT2D eigenvalue weighted by atomic mass is 79.9. The normalized spacial score (nSPS) is 14.8. The Bertz CT molecular complexity index is 1040. The summed E-state index contributed by atoms with van der Waals surface area (Å²) in [6.07, 6.45) is 0. The zero-order valence-corrected chi connectivity index (χ0v) is 17.8. The Morgan fingerprint density at radius 1 is 1.00 bits per heavy atom. The zero-order valence-electron chi connectivity index (χ0n) is 13.9. The molecule has 2 aromatic heterocycles. The van der Waals surface area contributed by atoms with E-state index in [-0.39, 0.29) is 17.6 Å². The highest BCUT2D eigenvalue weighted by molar-refractivity contribution is 9.10. The number of carbonyl (C=O) groups is 2. The summed E-state index contributed by atoms with van der Waals surface area (Å²) in [6, 6.07) is 8.70. The molecule has 0 spiro atoms. The molecule has 0 radical (unpaired) electrons. The Balaban J connectivity index is 1.47. The van der Waals surface area contributed by atoms with Crippen LogP contribution in [0.1, 0.15) is 20.2 Å². The van der Waals surface area contributed by atoms with Gasteiger partial charge in [-0.15, -0.1) is 11.3 Å². The maximum Gasteiger partial charge on any atom is 0.289 e. The maximum atomic E-state index is 12.9. The average molecular weight is 488 g/mol. The van der Waals surface area contributed by atoms with E-state index < -0.39 is 0 Å². The Labute approximate surface area is 177 Å². The van der Waals surface area contributed by atoms with E-state index >= 15 is 0 Å². The van der Waals surface area contributed by atoms with Crippen LogP contribution in [0.4, 0.5) is 0 Å². The van der Waals surface area contributed by atoms with Crippen molar-refractivity contribution in [1.82, 2.24) is 9.80 Å². The molecule has 9 heteroatoms. The summed E-state index contributed by atoms with van der Waals surface area (Å²) in [5, 5.41) is 1.89. The lowest BCUT2D eigenvalue weighted by Crippen LogP contribution is -2.50. The van der Waals surface area contributed by atoms with Crippen molar-refractivity contribution in [2.75, 3.05) is 26.2 Å². The standard InChI is InChI=1S/C18H13BrCl2N2O3S/c19-14-4-3-12(26-14)17(24)22-5-7-23(8-6-22)18(25)16-15(21)11-2-1-10(20)9-13(11)27-16/h1-4,9H,5-8H2. The topological polar surface area (TPSA) is 53.8 Å². The first-order valence-corrected chi connectivity index (χ1v) is 10.5. The van der Waals surface area contributed by atoms with E-state index in [1.807, 2.05) is 12.1 Å². The van der Waals surface area contributed by atoms with Crippen LogP contribution in [0.15, 0.2) is 39.4 Å². The minimum atomic E-state index is -0.178. The first-order valence-electron chi connectivity index (χ1n) is 8.15. The molecule has 0 N–H and O–H groups in total. The Morgan fingerprint density at radius 2 is 1.67 bits per heavy atom. The number of fused-ring (bicyclic) bond motifs is 1. The second kappa shape index (κ2) is 7.47. The number of rotatable bonds is 2. The molecule has 1 aliphatic rings. The molecule has 0 unspecified atom stereocenters. The van der Waals surface area contributed by atoms with Gasteiger partial charge in [0, 0.05) is 41.3 Å². The molecule has 0 aliphatic carbocycles. The fourth-order valence-electron chi connectivity index (χ4n) is 3.02. The van der Waals surface area contributed by atoms with Crippen LogP contribution in [-0.2, 0) is 0 Å². The van der Waals surface area contributed by atoms with Gasteiger partial charge in [-0.2, -0.15) is 0 Å². The van der Waals surface area contributed by atoms with E-state index in [1.54, 1.807) is 28.0 Å². The Kier molecular flexibility index (Phi) is 5.20. The number of furan rings is 1. The zero-order chi connectivity index (χ0) is 19.1. The lowest BCUT2D eigenvalue weighted by Gasteiger charge is -2.34. The number of benzene rings is 1. The number of halogens is 3. The molecule has 27 heavy (non-hydrogen) atoms. The van der Waals surface area contributed by atoms with Gasteiger partial charge < -0.3 is 14.2 Å². The van der Waals surface area contributed by atoms with Gasteiger partial charge in [0.1, 0.15) is 4.88 Å². The smallest absolute Gasteiger partial charge is 0.289 e. The van der Waals surface area contributed by atoms with Crippen LogP contribution in [0.5, 0.6) is 0 Å². The van der Waals surface area contributed by atoms with Crippen molar-refractivity contribution in [3.63, 3.8) is 0 Å². The van der Waals surface area contributed by atoms with Crippen molar-refractivity contribution in [2.24, 2.45) is 0 Å². The number of nitrogens with zero attached hydrogens (tertiary/aromatic N) is 2. The maximum absolute atomic E-state index is 12.9. The summed E-state index contributed by atoms with van der Waals surface area (Å²) in [5.74, 6) is -0.0152. The van der Waals surface area contributed by atoms with Crippen molar-refractivity contribution in [2.45, 2.75) is 0 Å². The molecule has 1 aromatic carbocycles. The number of amides is 2. The van der Waals surface area contributed by atoms with Gasteiger partial charge in [0.25, 0.3) is 11.8 Å². The van der Waals surface area contributed by atoms with Gasteiger partial charge >= 0.3 is 0 Å². The second-order valence-corrected chi connectivity index (χ2v) is 8.72. The summed E-state index contributed by atoms with van der Waals surface area (Å²) in [4.78, 5) is 29.3. The van der Waals surface area contributed by atoms with E-state index in [9.17, 15) is 9.59 Å². The quantitative estimate of drug-likeness (QED) is 0.501. The van der Waals surface area contributed by atoms with Crippen LogP contribution < -0.4 is 0 Å². The van der Waals surface area contributed by atoms with Gasteiger partial charge in [0.05, 0.1) is 5.02 Å². The van der Waals surface area contributed by atoms with E-state index in [0.29, 0.717) is 45.8 Å². The summed E-state index contributed by atoms with van der Waals surface area (Å²) < 4.78 is 6.72. The molecular weight excluding hydrogens is 475 g/mol. The van der Waals surface area contributed by atoms with Crippen LogP contribution in [0, 0.1) is 0 Å². The van der Waals surface area contributed by atoms with Crippen molar-refractivity contribution in [1.29, 1.82) is 0 Å². The van der Waals surface area contributed by atoms with E-state index in [4.69, 9.17) is 27.6 Å². The van der Waals surface area contributed by atoms with E-state index in [2.05, 4.69) is 15.9 Å². The predicted octanol–water partition coefficient (Wildman–Crippen LogP) is 5.16. The highest BCUT2D eigenvalue weighted by Gasteiger charge is 2.29. The molecule has 0 saturated carbocycles. The molecule has 1 aliphatic heterocycles. The molecule has 2 amide bonds. The molecule has 0 atom stereocenters. The highest BCUT2D eigenvalue weighted by Crippen LogP contribution is 2.37. The lowest BCUT2D eigenvalue weighted by atomic mass is 10.2. The molecule has 0 bridgehead atoms. The largest absolute Gasteiger partial charge is 0.444 e. The fraction of sp³-hybridized carbons (Fsp3) is 0.222. The van der Waals surface area contributed by atoms with Crippen LogP contribution in [0.3, 0.4) is 0 Å². The Hall–Kier alpha value is -1.54. The molecule has 3 aromatic rings. The molecule has 4 rings (SSSR count). The van der Waals surface area contributed by atoms with Crippen LogP contribution in [0.25, 0.3) is 10.1 Å². The van der Waals surface area contributed by atoms with E-state index in [0.717, 1.165) is 10.1 Å². The van der Waals surface area contributed by atoms with Crippen molar-refractivity contribution >= 4 is 72.4 Å². The van der Waals surface area contributed by atoms with E-state index in [1.165, 1.54) is 11.3 Å². The third-order valence-electron chi connectivity index (χ3n) is 4.42. The van der Waals surface area contributed by atoms with Crippen LogP contribution >= 0.6 is 50.5 Å². The fourth-order valence-corrected chi connectivity index (χ4v) is 5.08. The number of hydrogen-bond acceptors (Lipinski definition) is 4. The summed E-state index contributed by atoms with van der Waals surface area (Å²) >= 11 is 17.0. The van der Waals surface area contributed by atoms with Crippen LogP contribution in [-0.4, -0.2) is 47.8 Å². The second-order valence-electron chi connectivity index (χ2n) is 6.07. The molecular formula is C18H13BrCl2N2O3S. The van der Waals surface area contributed by atoms with Crippen molar-refractivity contribution in [3.8, 4) is 0 Å². The van der Waals surface area contributed by atoms with Gasteiger partial charge in [-0.25, -0.2) is 0 Å². The molecule has 1 fully saturated rings. The number of thiophene rings is 1. The van der Waals surface area contributed by atoms with Gasteiger partial charge in [-0.1, -0.05) is 29.3 Å². The molecule has 140 valence electrons. The minimum absolute atomic E-state index is 0.120. The molecule has 1 saturated heterocycles. The SMILES string of the molecule is O=C(c1ccc(Br)o1)N1CCN(C(=O)c2sc3cc(Cl)ccc3c2Cl)CC1. The number of piperazine rings is 1. The summed E-state index contributed by atoms with van der Waals surface area (Å²) in [6.45, 7) is 1.77. The third-order valence-corrected chi connectivity index (χ3v) is 6.73. The first-order chi connectivity index (χ1) is 12.9. The average Bonchev–Trinajstić information content (AvgIpc) is 3.24.